The number of aliphatic hydroxyl groups is 2. The largest absolute Gasteiger partial charge is 0.504 e. The van der Waals surface area contributed by atoms with Gasteiger partial charge in [-0.05, 0) is 138 Å². The van der Waals surface area contributed by atoms with Crippen molar-refractivity contribution in [3.63, 3.8) is 0 Å². The summed E-state index contributed by atoms with van der Waals surface area (Å²) >= 11 is 0. The summed E-state index contributed by atoms with van der Waals surface area (Å²) in [5.41, 5.74) is 1.24. The van der Waals surface area contributed by atoms with Gasteiger partial charge < -0.3 is 34.6 Å². The molecule has 6 bridgehead atoms. The first-order chi connectivity index (χ1) is 28.1. The molecule has 3 spiro atoms. The molecule has 2 aromatic carbocycles. The maximum absolute atomic E-state index is 12.7. The van der Waals surface area contributed by atoms with Crippen LogP contribution in [0.1, 0.15) is 121 Å². The second-order valence-electron chi connectivity index (χ2n) is 22.5. The van der Waals surface area contributed by atoms with Crippen molar-refractivity contribution in [1.82, 2.24) is 9.80 Å². The average Bonchev–Trinajstić information content (AvgIpc) is 4.13. The molecule has 6 saturated carbocycles. The summed E-state index contributed by atoms with van der Waals surface area (Å²) < 4.78 is 19.5. The van der Waals surface area contributed by atoms with E-state index in [2.05, 4.69) is 36.6 Å². The van der Waals surface area contributed by atoms with Crippen LogP contribution >= 0.6 is 24.8 Å². The van der Waals surface area contributed by atoms with Gasteiger partial charge in [-0.25, -0.2) is 0 Å². The molecule has 0 unspecified atom stereocenters. The number of fused-ring (bicyclic) bond motifs is 2. The highest BCUT2D eigenvalue weighted by Gasteiger charge is 2.82. The number of benzene rings is 2. The molecule has 0 radical (unpaired) electrons. The number of Topliss-reactive ketones (excluding diaryl/α,β-unsaturated/α-hetero) is 1. The van der Waals surface area contributed by atoms with Crippen molar-refractivity contribution in [1.29, 1.82) is 0 Å². The predicted molar refractivity (Wildman–Crippen MR) is 234 cm³/mol. The molecule has 12 aliphatic rings. The van der Waals surface area contributed by atoms with Gasteiger partial charge in [-0.1, -0.05) is 32.9 Å². The lowest BCUT2D eigenvalue weighted by Crippen LogP contribution is -2.83. The number of rotatable bonds is 6. The Morgan fingerprint density at radius 2 is 1.33 bits per heavy atom. The van der Waals surface area contributed by atoms with Crippen LogP contribution in [0, 0.1) is 28.6 Å². The zero-order valence-corrected chi connectivity index (χ0v) is 38.1. The van der Waals surface area contributed by atoms with E-state index in [1.54, 1.807) is 6.07 Å². The van der Waals surface area contributed by atoms with Crippen LogP contribution in [0.2, 0.25) is 0 Å². The van der Waals surface area contributed by atoms with Crippen LogP contribution in [0.15, 0.2) is 24.3 Å². The van der Waals surface area contributed by atoms with Gasteiger partial charge >= 0.3 is 0 Å². The van der Waals surface area contributed by atoms with Crippen molar-refractivity contribution >= 4 is 30.6 Å². The molecule has 4 N–H and O–H groups in total. The first-order valence-electron chi connectivity index (χ1n) is 23.1. The van der Waals surface area contributed by atoms with Crippen LogP contribution < -0.4 is 9.47 Å². The highest BCUT2D eigenvalue weighted by Crippen LogP contribution is 2.78. The highest BCUT2D eigenvalue weighted by molar-refractivity contribution is 5.90. The van der Waals surface area contributed by atoms with Crippen molar-refractivity contribution < 1.29 is 39.4 Å². The molecule has 4 aliphatic heterocycles. The molecule has 4 heterocycles. The first kappa shape index (κ1) is 42.6. The molecular weight excluding hydrogens is 815 g/mol. The second-order valence-corrected chi connectivity index (χ2v) is 22.5. The molecule has 8 aliphatic carbocycles. The van der Waals surface area contributed by atoms with E-state index in [-0.39, 0.29) is 76.4 Å². The van der Waals surface area contributed by atoms with Gasteiger partial charge in [-0.3, -0.25) is 14.6 Å². The fourth-order valence-corrected chi connectivity index (χ4v) is 15.8. The minimum atomic E-state index is -0.940. The number of halogens is 2. The zero-order valence-electron chi connectivity index (χ0n) is 36.5. The van der Waals surface area contributed by atoms with Gasteiger partial charge in [0.15, 0.2) is 34.9 Å². The van der Waals surface area contributed by atoms with Gasteiger partial charge in [-0.2, -0.15) is 0 Å². The maximum Gasteiger partial charge on any atom is 0.174 e. The number of ketones is 1. The number of nitrogens with zero attached hydrogens (tertiary/aromatic N) is 2. The van der Waals surface area contributed by atoms with Gasteiger partial charge in [0.1, 0.15) is 11.7 Å². The highest BCUT2D eigenvalue weighted by atomic mass is 35.5. The second kappa shape index (κ2) is 13.4. The third-order valence-corrected chi connectivity index (χ3v) is 19.4. The van der Waals surface area contributed by atoms with E-state index in [9.17, 15) is 25.2 Å². The van der Waals surface area contributed by atoms with E-state index in [0.717, 1.165) is 87.5 Å². The van der Waals surface area contributed by atoms with Crippen molar-refractivity contribution in [2.45, 2.75) is 163 Å². The SMILES string of the molecule is CO[C@]12CC[C@@]3(C[C@@H]1[C@](C)(O)C(C)(C)C)[C@H]1Cc4ccc(O)c5c4[C@@]3(CCN1CC1CC1)[C@H]2O5.Cl.Cl.O=C1CC[C@@]2(O)[C@H]3Cc4ccc(O)c5c4[C@@]2(CCN3CC2CC2)[C@H]1O5. The number of aromatic hydroxyl groups is 2. The van der Waals surface area contributed by atoms with Gasteiger partial charge in [0.05, 0.1) is 16.6 Å². The topological polar surface area (TPSA) is 132 Å². The Morgan fingerprint density at radius 3 is 1.92 bits per heavy atom. The Morgan fingerprint density at radius 1 is 0.770 bits per heavy atom. The van der Waals surface area contributed by atoms with Crippen LogP contribution in [0.25, 0.3) is 0 Å². The summed E-state index contributed by atoms with van der Waals surface area (Å²) in [5.74, 6) is 3.19. The minimum Gasteiger partial charge on any atom is -0.504 e. The monoisotopic (exact) mass is 880 g/mol. The third-order valence-electron chi connectivity index (χ3n) is 19.4. The lowest BCUT2D eigenvalue weighted by molar-refractivity contribution is -0.312. The fourth-order valence-electron chi connectivity index (χ4n) is 15.8. The molecule has 0 aromatic heterocycles. The number of hydrogen-bond donors (Lipinski definition) is 4. The van der Waals surface area contributed by atoms with E-state index in [1.165, 1.54) is 43.4 Å². The Hall–Kier alpha value is -2.31. The molecule has 12 heteroatoms. The van der Waals surface area contributed by atoms with Crippen LogP contribution in [0.4, 0.5) is 0 Å². The number of phenols is 2. The number of phenolic OH excluding ortho intramolecular Hbond substituents is 2. The van der Waals surface area contributed by atoms with E-state index in [1.807, 2.05) is 26.2 Å². The predicted octanol–water partition coefficient (Wildman–Crippen LogP) is 6.78. The van der Waals surface area contributed by atoms with Crippen molar-refractivity contribution in [3.8, 4) is 23.0 Å². The maximum atomic E-state index is 12.7. The summed E-state index contributed by atoms with van der Waals surface area (Å²) in [5, 5.41) is 45.5. The average molecular weight is 882 g/mol. The molecule has 61 heavy (non-hydrogen) atoms. The lowest BCUT2D eigenvalue weighted by atomic mass is 9.33. The van der Waals surface area contributed by atoms with Gasteiger partial charge in [0, 0.05) is 66.6 Å². The zero-order chi connectivity index (χ0) is 40.9. The number of methoxy groups -OCH3 is 1. The number of carbonyl (C=O) groups excluding carboxylic acids is 1. The van der Waals surface area contributed by atoms with Crippen molar-refractivity contribution in [2.24, 2.45) is 28.6 Å². The summed E-state index contributed by atoms with van der Waals surface area (Å²) in [6.07, 6.45) is 12.0. The molecule has 14 rings (SSSR count). The molecule has 334 valence electrons. The first-order valence-corrected chi connectivity index (χ1v) is 23.1. The Kier molecular flexibility index (Phi) is 9.35. The summed E-state index contributed by atoms with van der Waals surface area (Å²) in [6, 6.07) is 8.15. The standard InChI is InChI=1S/C29H41NO4.C20H23NO4.2ClH/c1-25(2,3)26(4,32)20-15-27-10-11-29(20,33-5)24-28(27)12-13-30(16-17-6-7-17)21(27)14-18-8-9-19(31)23(34-24)22(18)28;22-13-4-3-12-9-15-20(24)6-5-14(23)18-19(20,16(12)17(13)25-18)7-8-21(15)10-11-1-2-11;;/h8-9,17,20-21,24,31-32H,6-7,10-16H2,1-5H3;3-4,11,15,18,22,24H,1-2,5-10H2;2*1H/t20-,21-,24-,26+,27-,28+,29-;15-,18+,19+,20-;;/m11../s1. The van der Waals surface area contributed by atoms with Crippen LogP contribution in [0.3, 0.4) is 0 Å². The molecule has 2 saturated heterocycles. The van der Waals surface area contributed by atoms with E-state index in [0.29, 0.717) is 30.4 Å². The number of ether oxygens (including phenoxy) is 3. The fraction of sp³-hybridized carbons (Fsp3) is 0.735. The summed E-state index contributed by atoms with van der Waals surface area (Å²) in [6.45, 7) is 12.8. The van der Waals surface area contributed by atoms with E-state index < -0.39 is 28.3 Å². The van der Waals surface area contributed by atoms with E-state index in [4.69, 9.17) is 14.2 Å². The van der Waals surface area contributed by atoms with Crippen LogP contribution in [-0.2, 0) is 33.2 Å². The molecular formula is C49H66Cl2N2O8. The van der Waals surface area contributed by atoms with Gasteiger partial charge in [0.2, 0.25) is 0 Å². The lowest BCUT2D eigenvalue weighted by Gasteiger charge is -2.75. The van der Waals surface area contributed by atoms with Gasteiger partial charge in [0.25, 0.3) is 0 Å². The minimum absolute atomic E-state index is 0. The number of hydrogen-bond acceptors (Lipinski definition) is 10. The normalized spacial score (nSPS) is 41.4. The van der Waals surface area contributed by atoms with E-state index >= 15 is 0 Å². The van der Waals surface area contributed by atoms with Gasteiger partial charge in [-0.15, -0.1) is 24.8 Å². The number of likely N-dealkylation sites (tertiary alicyclic amines) is 2. The van der Waals surface area contributed by atoms with Crippen LogP contribution in [0.5, 0.6) is 23.0 Å². The quantitative estimate of drug-likeness (QED) is 0.246. The Balaban J connectivity index is 0.000000147. The number of carbonyl (C=O) groups is 1. The number of piperidine rings is 2. The third kappa shape index (κ3) is 5.08. The Bertz CT molecular complexity index is 2170. The van der Waals surface area contributed by atoms with Crippen molar-refractivity contribution in [2.75, 3.05) is 33.3 Å². The van der Waals surface area contributed by atoms with Crippen molar-refractivity contribution in [3.05, 3.63) is 46.5 Å². The molecule has 11 atom stereocenters. The molecule has 10 nitrogen and oxygen atoms in total. The smallest absolute Gasteiger partial charge is 0.174 e. The summed E-state index contributed by atoms with van der Waals surface area (Å²) in [7, 11) is 1.83. The summed E-state index contributed by atoms with van der Waals surface area (Å²) in [4.78, 5) is 18.0. The van der Waals surface area contributed by atoms with Crippen LogP contribution in [-0.4, -0.2) is 110 Å². The molecule has 0 amide bonds. The molecule has 2 aromatic rings. The Labute approximate surface area is 372 Å². The molecule has 8 fully saturated rings.